The molecule has 0 bridgehead atoms. The minimum absolute atomic E-state index is 1.24. The largest absolute Gasteiger partial charge is 0.0622 e. The van der Waals surface area contributed by atoms with Crippen molar-refractivity contribution in [3.8, 4) is 33.4 Å². The van der Waals surface area contributed by atoms with Crippen LogP contribution in [0.3, 0.4) is 0 Å². The highest BCUT2D eigenvalue weighted by atomic mass is 14.1. The standard InChI is InChI=1S/C44H28/c1-2-7-29(8-3-1)31-17-21-41-34(25-31)13-14-35-26-32(18-22-42(35)41)33-19-23-43-36(27-33)15-16-37-28-38(20-24-44(37)43)40-12-6-10-30-9-4-5-11-39(30)40/h1-28H. The zero-order chi connectivity index (χ0) is 29.0. The van der Waals surface area contributed by atoms with E-state index in [0.717, 1.165) is 0 Å². The van der Waals surface area contributed by atoms with E-state index in [1.165, 1.54) is 87.2 Å². The van der Waals surface area contributed by atoms with Gasteiger partial charge in [-0.25, -0.2) is 0 Å². The van der Waals surface area contributed by atoms with Crippen molar-refractivity contribution < 1.29 is 0 Å². The molecule has 0 saturated carbocycles. The first-order valence-electron chi connectivity index (χ1n) is 15.3. The average molecular weight is 557 g/mol. The van der Waals surface area contributed by atoms with Gasteiger partial charge >= 0.3 is 0 Å². The normalized spacial score (nSPS) is 11.6. The summed E-state index contributed by atoms with van der Waals surface area (Å²) in [6, 6.07) is 62.4. The third-order valence-corrected chi connectivity index (χ3v) is 9.21. The Balaban J connectivity index is 1.09. The minimum Gasteiger partial charge on any atom is -0.0622 e. The van der Waals surface area contributed by atoms with Gasteiger partial charge in [0.25, 0.3) is 0 Å². The molecule has 0 heteroatoms. The zero-order valence-corrected chi connectivity index (χ0v) is 24.2. The van der Waals surface area contributed by atoms with Gasteiger partial charge in [-0.15, -0.1) is 0 Å². The van der Waals surface area contributed by atoms with Gasteiger partial charge in [-0.2, -0.15) is 0 Å². The van der Waals surface area contributed by atoms with E-state index in [0.29, 0.717) is 0 Å². The highest BCUT2D eigenvalue weighted by molar-refractivity contribution is 6.12. The highest BCUT2D eigenvalue weighted by Gasteiger charge is 2.09. The van der Waals surface area contributed by atoms with Crippen molar-refractivity contribution in [1.29, 1.82) is 0 Å². The highest BCUT2D eigenvalue weighted by Crippen LogP contribution is 2.36. The van der Waals surface area contributed by atoms with E-state index in [1.54, 1.807) is 0 Å². The summed E-state index contributed by atoms with van der Waals surface area (Å²) in [6.07, 6.45) is 0. The zero-order valence-electron chi connectivity index (χ0n) is 24.2. The fraction of sp³-hybridized carbons (Fsp3) is 0. The Bertz CT molecular complexity index is 2530. The molecule has 0 atom stereocenters. The molecule has 0 aliphatic rings. The summed E-state index contributed by atoms with van der Waals surface area (Å²) in [6.45, 7) is 0. The fourth-order valence-electron chi connectivity index (χ4n) is 6.96. The van der Waals surface area contributed by atoms with Crippen LogP contribution in [-0.4, -0.2) is 0 Å². The van der Waals surface area contributed by atoms with Crippen molar-refractivity contribution in [1.82, 2.24) is 0 Å². The van der Waals surface area contributed by atoms with Crippen LogP contribution in [-0.2, 0) is 0 Å². The van der Waals surface area contributed by atoms with Crippen molar-refractivity contribution in [2.45, 2.75) is 0 Å². The molecule has 204 valence electrons. The van der Waals surface area contributed by atoms with Gasteiger partial charge in [-0.3, -0.25) is 0 Å². The smallest absolute Gasteiger partial charge is 0.0105 e. The number of hydrogen-bond acceptors (Lipinski definition) is 0. The molecule has 0 amide bonds. The SMILES string of the molecule is c1ccc(-c2ccc3c(ccc4cc(-c5ccc6c(ccc7cc(-c8cccc9ccccc89)ccc76)c5)ccc43)c2)cc1. The third-order valence-electron chi connectivity index (χ3n) is 9.21. The second-order valence-electron chi connectivity index (χ2n) is 11.8. The molecule has 0 radical (unpaired) electrons. The van der Waals surface area contributed by atoms with Gasteiger partial charge < -0.3 is 0 Å². The Hall–Kier alpha value is -5.72. The topological polar surface area (TPSA) is 0 Å². The third kappa shape index (κ3) is 4.07. The van der Waals surface area contributed by atoms with E-state index in [9.17, 15) is 0 Å². The summed E-state index contributed by atoms with van der Waals surface area (Å²) in [7, 11) is 0. The Kier molecular flexibility index (Phi) is 5.61. The van der Waals surface area contributed by atoms with Crippen LogP contribution in [0.4, 0.5) is 0 Å². The molecule has 0 fully saturated rings. The fourth-order valence-corrected chi connectivity index (χ4v) is 6.96. The van der Waals surface area contributed by atoms with Crippen LogP contribution in [0.1, 0.15) is 0 Å². The lowest BCUT2D eigenvalue weighted by molar-refractivity contribution is 1.65. The molecule has 0 unspecified atom stereocenters. The van der Waals surface area contributed by atoms with Crippen LogP contribution < -0.4 is 0 Å². The minimum atomic E-state index is 1.24. The van der Waals surface area contributed by atoms with Crippen LogP contribution >= 0.6 is 0 Å². The maximum Gasteiger partial charge on any atom is -0.0105 e. The predicted molar refractivity (Wildman–Crippen MR) is 190 cm³/mol. The molecular weight excluding hydrogens is 528 g/mol. The Morgan fingerprint density at radius 1 is 0.205 bits per heavy atom. The number of benzene rings is 9. The summed E-state index contributed by atoms with van der Waals surface area (Å²) in [5, 5.41) is 12.8. The molecule has 0 saturated heterocycles. The van der Waals surface area contributed by atoms with Gasteiger partial charge in [0.05, 0.1) is 0 Å². The van der Waals surface area contributed by atoms with Crippen LogP contribution in [0.5, 0.6) is 0 Å². The molecule has 9 rings (SSSR count). The Labute approximate surface area is 256 Å². The average Bonchev–Trinajstić information content (AvgIpc) is 3.10. The lowest BCUT2D eigenvalue weighted by Crippen LogP contribution is -1.85. The van der Waals surface area contributed by atoms with Gasteiger partial charge in [0.15, 0.2) is 0 Å². The van der Waals surface area contributed by atoms with E-state index in [-0.39, 0.29) is 0 Å². The molecule has 44 heavy (non-hydrogen) atoms. The van der Waals surface area contributed by atoms with Crippen LogP contribution in [0, 0.1) is 0 Å². The van der Waals surface area contributed by atoms with E-state index in [1.807, 2.05) is 0 Å². The number of fused-ring (bicyclic) bond motifs is 7. The van der Waals surface area contributed by atoms with Crippen molar-refractivity contribution in [2.75, 3.05) is 0 Å². The quantitative estimate of drug-likeness (QED) is 0.190. The molecule has 0 aromatic heterocycles. The second-order valence-corrected chi connectivity index (χ2v) is 11.8. The van der Waals surface area contributed by atoms with Gasteiger partial charge in [0, 0.05) is 0 Å². The van der Waals surface area contributed by atoms with Gasteiger partial charge in [-0.05, 0) is 112 Å². The van der Waals surface area contributed by atoms with Crippen LogP contribution in [0.25, 0.3) is 87.2 Å². The maximum atomic E-state index is 2.34. The van der Waals surface area contributed by atoms with E-state index in [4.69, 9.17) is 0 Å². The van der Waals surface area contributed by atoms with Crippen LogP contribution in [0.2, 0.25) is 0 Å². The summed E-state index contributed by atoms with van der Waals surface area (Å²) in [4.78, 5) is 0. The van der Waals surface area contributed by atoms with Gasteiger partial charge in [-0.1, -0.05) is 146 Å². The monoisotopic (exact) mass is 556 g/mol. The lowest BCUT2D eigenvalue weighted by atomic mass is 9.92. The van der Waals surface area contributed by atoms with Gasteiger partial charge in [0.1, 0.15) is 0 Å². The summed E-state index contributed by atoms with van der Waals surface area (Å²) in [5.41, 5.74) is 7.52. The summed E-state index contributed by atoms with van der Waals surface area (Å²) >= 11 is 0. The first-order chi connectivity index (χ1) is 21.8. The van der Waals surface area contributed by atoms with Gasteiger partial charge in [0.2, 0.25) is 0 Å². The lowest BCUT2D eigenvalue weighted by Gasteiger charge is -2.12. The molecule has 0 aliphatic carbocycles. The summed E-state index contributed by atoms with van der Waals surface area (Å²) in [5.74, 6) is 0. The van der Waals surface area contributed by atoms with Crippen LogP contribution in [0.15, 0.2) is 170 Å². The molecule has 0 heterocycles. The Morgan fingerprint density at radius 2 is 0.636 bits per heavy atom. The molecule has 0 aliphatic heterocycles. The number of rotatable bonds is 3. The first kappa shape index (κ1) is 24.8. The molecule has 9 aromatic rings. The van der Waals surface area contributed by atoms with E-state index < -0.39 is 0 Å². The summed E-state index contributed by atoms with van der Waals surface area (Å²) < 4.78 is 0. The van der Waals surface area contributed by atoms with E-state index >= 15 is 0 Å². The molecular formula is C44H28. The van der Waals surface area contributed by atoms with Crippen molar-refractivity contribution in [2.24, 2.45) is 0 Å². The maximum absolute atomic E-state index is 2.34. The first-order valence-corrected chi connectivity index (χ1v) is 15.3. The van der Waals surface area contributed by atoms with Crippen molar-refractivity contribution in [3.05, 3.63) is 170 Å². The second kappa shape index (κ2) is 9.93. The number of hydrogen-bond donors (Lipinski definition) is 0. The van der Waals surface area contributed by atoms with Crippen molar-refractivity contribution >= 4 is 53.9 Å². The Morgan fingerprint density at radius 3 is 1.20 bits per heavy atom. The van der Waals surface area contributed by atoms with E-state index in [2.05, 4.69) is 170 Å². The molecule has 0 nitrogen and oxygen atoms in total. The molecule has 0 N–H and O–H groups in total. The predicted octanol–water partition coefficient (Wildman–Crippen LogP) is 12.5. The van der Waals surface area contributed by atoms with Crippen molar-refractivity contribution in [3.63, 3.8) is 0 Å². The molecule has 0 spiro atoms. The molecule has 9 aromatic carbocycles.